The Labute approximate surface area is 143 Å². The van der Waals surface area contributed by atoms with E-state index in [0.29, 0.717) is 11.6 Å². The molecule has 0 spiro atoms. The van der Waals surface area contributed by atoms with Crippen molar-refractivity contribution >= 4 is 22.7 Å². The molecule has 1 saturated heterocycles. The first-order valence-electron chi connectivity index (χ1n) is 8.45. The van der Waals surface area contributed by atoms with Gasteiger partial charge in [-0.3, -0.25) is 0 Å². The number of nitrogens with one attached hydrogen (secondary N) is 1. The Balaban J connectivity index is 2.04. The number of esters is 1. The highest BCUT2D eigenvalue weighted by atomic mass is 16.6. The van der Waals surface area contributed by atoms with E-state index in [-0.39, 0.29) is 5.97 Å². The van der Waals surface area contributed by atoms with Crippen LogP contribution in [0, 0.1) is 0 Å². The molecule has 0 unspecified atom stereocenters. The van der Waals surface area contributed by atoms with Gasteiger partial charge in [0.15, 0.2) is 0 Å². The number of fused-ring (bicyclic) bond motifs is 1. The van der Waals surface area contributed by atoms with Crippen LogP contribution in [-0.4, -0.2) is 42.2 Å². The molecule has 0 saturated carbocycles. The van der Waals surface area contributed by atoms with Crippen molar-refractivity contribution in [3.63, 3.8) is 0 Å². The Morgan fingerprint density at radius 2 is 2.08 bits per heavy atom. The Morgan fingerprint density at radius 3 is 2.79 bits per heavy atom. The van der Waals surface area contributed by atoms with Crippen LogP contribution < -0.4 is 10.2 Å². The van der Waals surface area contributed by atoms with Crippen LogP contribution in [0.1, 0.15) is 38.1 Å². The fourth-order valence-corrected chi connectivity index (χ4v) is 2.97. The molecule has 2 heterocycles. The van der Waals surface area contributed by atoms with E-state index >= 15 is 0 Å². The molecule has 0 radical (unpaired) electrons. The number of para-hydroxylation sites is 1. The molecule has 5 nitrogen and oxygen atoms in total. The lowest BCUT2D eigenvalue weighted by Gasteiger charge is -2.33. The van der Waals surface area contributed by atoms with E-state index in [9.17, 15) is 4.79 Å². The lowest BCUT2D eigenvalue weighted by molar-refractivity contribution is 0.00718. The van der Waals surface area contributed by atoms with Crippen LogP contribution in [0.15, 0.2) is 30.3 Å². The molecule has 1 atom stereocenters. The van der Waals surface area contributed by atoms with Gasteiger partial charge in [0.25, 0.3) is 0 Å². The number of hydrogen-bond donors (Lipinski definition) is 1. The van der Waals surface area contributed by atoms with E-state index in [1.807, 2.05) is 51.1 Å². The van der Waals surface area contributed by atoms with Crippen molar-refractivity contribution in [2.75, 3.05) is 24.5 Å². The average Bonchev–Trinajstić information content (AvgIpc) is 2.52. The topological polar surface area (TPSA) is 54.5 Å². The molecule has 24 heavy (non-hydrogen) atoms. The molecule has 1 aliphatic heterocycles. The maximum absolute atomic E-state index is 12.7. The van der Waals surface area contributed by atoms with E-state index in [4.69, 9.17) is 9.72 Å². The second kappa shape index (κ2) is 6.40. The van der Waals surface area contributed by atoms with Gasteiger partial charge in [-0.15, -0.1) is 0 Å². The van der Waals surface area contributed by atoms with Gasteiger partial charge in [-0.05, 0) is 39.8 Å². The summed E-state index contributed by atoms with van der Waals surface area (Å²) in [5, 5.41) is 4.26. The first kappa shape index (κ1) is 16.7. The summed E-state index contributed by atoms with van der Waals surface area (Å²) >= 11 is 0. The van der Waals surface area contributed by atoms with Gasteiger partial charge in [-0.25, -0.2) is 9.78 Å². The van der Waals surface area contributed by atoms with Crippen LogP contribution in [0.25, 0.3) is 10.9 Å². The second-order valence-corrected chi connectivity index (χ2v) is 7.35. The summed E-state index contributed by atoms with van der Waals surface area (Å²) in [6.45, 7) is 10.5. The van der Waals surface area contributed by atoms with Crippen molar-refractivity contribution in [2.45, 2.75) is 39.3 Å². The Hall–Kier alpha value is -2.14. The van der Waals surface area contributed by atoms with Gasteiger partial charge in [0, 0.05) is 31.1 Å². The third-order valence-electron chi connectivity index (χ3n) is 4.01. The fraction of sp³-hybridized carbons (Fsp3) is 0.474. The fourth-order valence-electron chi connectivity index (χ4n) is 2.97. The van der Waals surface area contributed by atoms with Crippen molar-refractivity contribution in [1.29, 1.82) is 0 Å². The predicted octanol–water partition coefficient (Wildman–Crippen LogP) is 2.99. The molecule has 2 aromatic rings. The number of hydrogen-bond acceptors (Lipinski definition) is 5. The normalized spacial score (nSPS) is 18.7. The summed E-state index contributed by atoms with van der Waals surface area (Å²) < 4.78 is 5.60. The monoisotopic (exact) mass is 327 g/mol. The van der Waals surface area contributed by atoms with Crippen LogP contribution in [0.3, 0.4) is 0 Å². The molecule has 0 bridgehead atoms. The average molecular weight is 327 g/mol. The van der Waals surface area contributed by atoms with Crippen LogP contribution in [0.5, 0.6) is 0 Å². The van der Waals surface area contributed by atoms with E-state index in [1.54, 1.807) is 0 Å². The molecule has 1 fully saturated rings. The summed E-state index contributed by atoms with van der Waals surface area (Å²) in [5.74, 6) is 0.536. The van der Waals surface area contributed by atoms with Crippen molar-refractivity contribution in [3.05, 3.63) is 35.9 Å². The van der Waals surface area contributed by atoms with Gasteiger partial charge in [0.05, 0.1) is 11.1 Å². The number of aromatic nitrogens is 1. The number of piperazine rings is 1. The molecule has 1 aliphatic rings. The third kappa shape index (κ3) is 3.67. The van der Waals surface area contributed by atoms with Crippen LogP contribution in [0.2, 0.25) is 0 Å². The van der Waals surface area contributed by atoms with Crippen molar-refractivity contribution in [3.8, 4) is 0 Å². The van der Waals surface area contributed by atoms with Gasteiger partial charge >= 0.3 is 5.97 Å². The number of pyridine rings is 1. The lowest BCUT2D eigenvalue weighted by atomic mass is 10.1. The first-order valence-corrected chi connectivity index (χ1v) is 8.45. The Bertz CT molecular complexity index is 752. The maximum Gasteiger partial charge on any atom is 0.339 e. The van der Waals surface area contributed by atoms with Crippen molar-refractivity contribution in [1.82, 2.24) is 10.3 Å². The number of carbonyl (C=O) groups excluding carboxylic acids is 1. The van der Waals surface area contributed by atoms with Crippen LogP contribution >= 0.6 is 0 Å². The van der Waals surface area contributed by atoms with Gasteiger partial charge in [0.1, 0.15) is 11.4 Å². The minimum atomic E-state index is -0.523. The number of rotatable bonds is 2. The van der Waals surface area contributed by atoms with E-state index in [0.717, 1.165) is 36.4 Å². The summed E-state index contributed by atoms with van der Waals surface area (Å²) in [7, 11) is 0. The van der Waals surface area contributed by atoms with Gasteiger partial charge in [-0.2, -0.15) is 0 Å². The van der Waals surface area contributed by atoms with Crippen molar-refractivity contribution in [2.24, 2.45) is 0 Å². The smallest absolute Gasteiger partial charge is 0.339 e. The molecule has 1 N–H and O–H groups in total. The molecule has 0 aliphatic carbocycles. The molecular weight excluding hydrogens is 302 g/mol. The van der Waals surface area contributed by atoms with Crippen LogP contribution in [0.4, 0.5) is 5.82 Å². The van der Waals surface area contributed by atoms with Gasteiger partial charge in [-0.1, -0.05) is 18.2 Å². The summed E-state index contributed by atoms with van der Waals surface area (Å²) in [4.78, 5) is 19.7. The summed E-state index contributed by atoms with van der Waals surface area (Å²) in [6.07, 6.45) is 0. The zero-order valence-corrected chi connectivity index (χ0v) is 14.8. The van der Waals surface area contributed by atoms with E-state index in [2.05, 4.69) is 17.1 Å². The van der Waals surface area contributed by atoms with Gasteiger partial charge in [0.2, 0.25) is 0 Å². The molecule has 128 valence electrons. The minimum absolute atomic E-state index is 0.300. The molecule has 5 heteroatoms. The zero-order chi connectivity index (χ0) is 17.3. The molecule has 1 aromatic carbocycles. The van der Waals surface area contributed by atoms with E-state index < -0.39 is 5.60 Å². The molecular formula is C19H25N3O2. The molecule has 0 amide bonds. The SMILES string of the molecule is C[C@@H]1CN(c2cc(C(=O)OC(C)(C)C)c3ccccc3n2)CCN1. The lowest BCUT2D eigenvalue weighted by Crippen LogP contribution is -2.49. The quantitative estimate of drug-likeness (QED) is 0.860. The van der Waals surface area contributed by atoms with Crippen LogP contribution in [-0.2, 0) is 4.74 Å². The highest BCUT2D eigenvalue weighted by Crippen LogP contribution is 2.25. The van der Waals surface area contributed by atoms with Gasteiger partial charge < -0.3 is 15.0 Å². The first-order chi connectivity index (χ1) is 11.3. The number of anilines is 1. The Kier molecular flexibility index (Phi) is 4.45. The summed E-state index contributed by atoms with van der Waals surface area (Å²) in [6, 6.07) is 10.00. The number of ether oxygens (including phenoxy) is 1. The number of carbonyl (C=O) groups is 1. The van der Waals surface area contributed by atoms with E-state index in [1.165, 1.54) is 0 Å². The highest BCUT2D eigenvalue weighted by Gasteiger charge is 2.23. The minimum Gasteiger partial charge on any atom is -0.456 e. The number of nitrogens with zero attached hydrogens (tertiary/aromatic N) is 2. The highest BCUT2D eigenvalue weighted by molar-refractivity contribution is 6.04. The second-order valence-electron chi connectivity index (χ2n) is 7.35. The van der Waals surface area contributed by atoms with Crippen molar-refractivity contribution < 1.29 is 9.53 Å². The predicted molar refractivity (Wildman–Crippen MR) is 96.6 cm³/mol. The summed E-state index contributed by atoms with van der Waals surface area (Å²) in [5.41, 5.74) is 0.879. The third-order valence-corrected chi connectivity index (χ3v) is 4.01. The molecule has 3 rings (SSSR count). The maximum atomic E-state index is 12.7. The standard InChI is InChI=1S/C19H25N3O2/c1-13-12-22(10-9-20-13)17-11-15(18(23)24-19(2,3)4)14-7-5-6-8-16(14)21-17/h5-8,11,13,20H,9-10,12H2,1-4H3/t13-/m1/s1. The Morgan fingerprint density at radius 1 is 1.33 bits per heavy atom. The largest absolute Gasteiger partial charge is 0.456 e. The molecule has 1 aromatic heterocycles. The zero-order valence-electron chi connectivity index (χ0n) is 14.8. The number of benzene rings is 1.